The molecule has 2 heterocycles. The van der Waals surface area contributed by atoms with E-state index in [4.69, 9.17) is 0 Å². The van der Waals surface area contributed by atoms with E-state index in [9.17, 15) is 32.5 Å². The van der Waals surface area contributed by atoms with E-state index in [1.165, 1.54) is 6.20 Å². The number of rotatable bonds is 5. The van der Waals surface area contributed by atoms with E-state index in [0.717, 1.165) is 16.9 Å². The lowest BCUT2D eigenvalue weighted by atomic mass is 10.2. The summed E-state index contributed by atoms with van der Waals surface area (Å²) in [5.41, 5.74) is -0.945. The monoisotopic (exact) mass is 384 g/mol. The molecule has 27 heavy (non-hydrogen) atoms. The predicted molar refractivity (Wildman–Crippen MR) is 80.8 cm³/mol. The van der Waals surface area contributed by atoms with Gasteiger partial charge in [0.2, 0.25) is 0 Å². The molecule has 1 aromatic carbocycles. The first-order chi connectivity index (χ1) is 12.8. The molecule has 140 valence electrons. The lowest BCUT2D eigenvalue weighted by molar-refractivity contribution is -0.389. The summed E-state index contributed by atoms with van der Waals surface area (Å²) >= 11 is 0. The van der Waals surface area contributed by atoms with Crippen molar-refractivity contribution in [2.75, 3.05) is 5.32 Å². The largest absolute Gasteiger partial charge is 0.358 e. The van der Waals surface area contributed by atoms with Crippen LogP contribution in [0.5, 0.6) is 0 Å². The normalized spacial score (nSPS) is 10.8. The average molecular weight is 384 g/mol. The molecule has 3 rings (SSSR count). The molecule has 0 radical (unpaired) electrons. The smallest absolute Gasteiger partial charge is 0.343 e. The lowest BCUT2D eigenvalue weighted by Crippen LogP contribution is -2.12. The molecule has 1 amide bonds. The number of benzene rings is 1. The summed E-state index contributed by atoms with van der Waals surface area (Å²) in [6.07, 6.45) is 2.29. The van der Waals surface area contributed by atoms with Crippen LogP contribution in [-0.2, 0) is 6.54 Å². The SMILES string of the molecule is O=C(Nc1cnn(Cc2c(F)cc(F)c(F)c2F)c1)c1cc([N+](=O)[O-])[nH]n1. The fourth-order valence-electron chi connectivity index (χ4n) is 2.14. The molecule has 13 heteroatoms. The van der Waals surface area contributed by atoms with Crippen LogP contribution in [0, 0.1) is 33.4 Å². The zero-order valence-electron chi connectivity index (χ0n) is 13.0. The predicted octanol–water partition coefficient (Wildman–Crippen LogP) is 2.37. The first kappa shape index (κ1) is 18.0. The first-order valence-corrected chi connectivity index (χ1v) is 7.11. The van der Waals surface area contributed by atoms with E-state index in [-0.39, 0.29) is 17.4 Å². The Morgan fingerprint density at radius 1 is 1.22 bits per heavy atom. The van der Waals surface area contributed by atoms with E-state index in [2.05, 4.69) is 20.6 Å². The summed E-state index contributed by atoms with van der Waals surface area (Å²) < 4.78 is 54.5. The van der Waals surface area contributed by atoms with Crippen molar-refractivity contribution in [1.82, 2.24) is 20.0 Å². The van der Waals surface area contributed by atoms with Gasteiger partial charge in [-0.2, -0.15) is 5.10 Å². The van der Waals surface area contributed by atoms with Gasteiger partial charge >= 0.3 is 5.82 Å². The first-order valence-electron chi connectivity index (χ1n) is 7.11. The zero-order chi connectivity index (χ0) is 19.7. The molecule has 2 aromatic heterocycles. The van der Waals surface area contributed by atoms with E-state index in [1.807, 2.05) is 0 Å². The summed E-state index contributed by atoms with van der Waals surface area (Å²) in [6.45, 7) is -0.571. The Balaban J connectivity index is 1.74. The zero-order valence-corrected chi connectivity index (χ0v) is 13.0. The van der Waals surface area contributed by atoms with Crippen molar-refractivity contribution in [2.24, 2.45) is 0 Å². The number of carbonyl (C=O) groups is 1. The van der Waals surface area contributed by atoms with Gasteiger partial charge in [-0.15, -0.1) is 5.10 Å². The Morgan fingerprint density at radius 3 is 2.63 bits per heavy atom. The number of nitro groups is 1. The van der Waals surface area contributed by atoms with Gasteiger partial charge in [-0.25, -0.2) is 17.6 Å². The van der Waals surface area contributed by atoms with E-state index in [1.54, 1.807) is 0 Å². The van der Waals surface area contributed by atoms with Crippen molar-refractivity contribution in [2.45, 2.75) is 6.54 Å². The van der Waals surface area contributed by atoms with Gasteiger partial charge in [-0.3, -0.25) is 9.48 Å². The number of aromatic amines is 1. The number of H-pyrrole nitrogens is 1. The highest BCUT2D eigenvalue weighted by molar-refractivity contribution is 6.02. The number of amides is 1. The fraction of sp³-hybridized carbons (Fsp3) is 0.0714. The van der Waals surface area contributed by atoms with Gasteiger partial charge in [-0.1, -0.05) is 5.10 Å². The fourth-order valence-corrected chi connectivity index (χ4v) is 2.14. The van der Waals surface area contributed by atoms with Crippen molar-refractivity contribution in [3.05, 3.63) is 69.2 Å². The molecule has 0 aliphatic rings. The highest BCUT2D eigenvalue weighted by Crippen LogP contribution is 2.20. The quantitative estimate of drug-likeness (QED) is 0.230. The van der Waals surface area contributed by atoms with Crippen molar-refractivity contribution in [1.29, 1.82) is 0 Å². The Labute approximate surface area is 146 Å². The van der Waals surface area contributed by atoms with Gasteiger partial charge in [0.1, 0.15) is 5.82 Å². The van der Waals surface area contributed by atoms with Crippen LogP contribution in [0.2, 0.25) is 0 Å². The number of nitrogens with zero attached hydrogens (tertiary/aromatic N) is 4. The van der Waals surface area contributed by atoms with E-state index < -0.39 is 52.0 Å². The van der Waals surface area contributed by atoms with Crippen LogP contribution < -0.4 is 5.32 Å². The molecule has 9 nitrogen and oxygen atoms in total. The maximum atomic E-state index is 13.7. The maximum absolute atomic E-state index is 13.7. The van der Waals surface area contributed by atoms with Crippen molar-refractivity contribution in [3.8, 4) is 0 Å². The van der Waals surface area contributed by atoms with Gasteiger partial charge < -0.3 is 15.4 Å². The van der Waals surface area contributed by atoms with Gasteiger partial charge in [0.25, 0.3) is 5.91 Å². The third kappa shape index (κ3) is 3.61. The second-order valence-electron chi connectivity index (χ2n) is 5.22. The van der Waals surface area contributed by atoms with Crippen molar-refractivity contribution >= 4 is 17.4 Å². The standard InChI is InChI=1S/C14H8F4N6O3/c15-8-1-9(16)13(18)12(17)7(8)5-23-4-6(3-19-23)20-14(25)10-2-11(22-21-10)24(26)27/h1-4H,5H2,(H,20,25)(H,21,22). The highest BCUT2D eigenvalue weighted by atomic mass is 19.2. The average Bonchev–Trinajstić information content (AvgIpc) is 3.26. The van der Waals surface area contributed by atoms with Crippen LogP contribution in [0.4, 0.5) is 29.1 Å². The molecular formula is C14H8F4N6O3. The number of hydrogen-bond acceptors (Lipinski definition) is 5. The summed E-state index contributed by atoms with van der Waals surface area (Å²) in [5, 5.41) is 22.1. The second-order valence-corrected chi connectivity index (χ2v) is 5.22. The summed E-state index contributed by atoms with van der Waals surface area (Å²) in [7, 11) is 0. The molecule has 0 saturated carbocycles. The van der Waals surface area contributed by atoms with Crippen LogP contribution >= 0.6 is 0 Å². The Morgan fingerprint density at radius 2 is 1.96 bits per heavy atom. The Kier molecular flexibility index (Phi) is 4.58. The molecule has 2 N–H and O–H groups in total. The summed E-state index contributed by atoms with van der Waals surface area (Å²) in [5.74, 6) is -7.74. The highest BCUT2D eigenvalue weighted by Gasteiger charge is 2.20. The lowest BCUT2D eigenvalue weighted by Gasteiger charge is -2.06. The molecule has 0 aliphatic heterocycles. The number of aromatic nitrogens is 4. The molecular weight excluding hydrogens is 376 g/mol. The molecule has 0 atom stereocenters. The minimum atomic E-state index is -1.81. The number of anilines is 1. The van der Waals surface area contributed by atoms with Gasteiger partial charge in [0, 0.05) is 17.8 Å². The minimum Gasteiger partial charge on any atom is -0.358 e. The van der Waals surface area contributed by atoms with Gasteiger partial charge in [0.15, 0.2) is 23.1 Å². The molecule has 3 aromatic rings. The topological polar surface area (TPSA) is 119 Å². The van der Waals surface area contributed by atoms with Crippen LogP contribution in [0.1, 0.15) is 16.1 Å². The van der Waals surface area contributed by atoms with Crippen LogP contribution in [0.15, 0.2) is 24.5 Å². The summed E-state index contributed by atoms with van der Waals surface area (Å²) in [4.78, 5) is 21.7. The maximum Gasteiger partial charge on any atom is 0.343 e. The van der Waals surface area contributed by atoms with E-state index in [0.29, 0.717) is 0 Å². The molecule has 0 saturated heterocycles. The number of halogens is 4. The number of hydrogen-bond donors (Lipinski definition) is 2. The second kappa shape index (κ2) is 6.86. The van der Waals surface area contributed by atoms with Crippen LogP contribution in [0.25, 0.3) is 0 Å². The van der Waals surface area contributed by atoms with E-state index >= 15 is 0 Å². The number of nitrogens with one attached hydrogen (secondary N) is 2. The Hall–Kier alpha value is -3.77. The Bertz CT molecular complexity index is 1050. The molecule has 0 spiro atoms. The molecule has 0 unspecified atom stereocenters. The molecule has 0 aliphatic carbocycles. The number of carbonyl (C=O) groups excluding carboxylic acids is 1. The van der Waals surface area contributed by atoms with Gasteiger partial charge in [0.05, 0.1) is 24.5 Å². The molecule has 0 bridgehead atoms. The molecule has 0 fully saturated rings. The summed E-state index contributed by atoms with van der Waals surface area (Å²) in [6, 6.07) is 1.12. The van der Waals surface area contributed by atoms with Crippen molar-refractivity contribution < 1.29 is 27.3 Å². The third-order valence-corrected chi connectivity index (χ3v) is 3.41. The van der Waals surface area contributed by atoms with Gasteiger partial charge in [-0.05, 0) is 4.92 Å². The van der Waals surface area contributed by atoms with Crippen LogP contribution in [-0.4, -0.2) is 30.8 Å². The minimum absolute atomic E-state index is 0.0778. The third-order valence-electron chi connectivity index (χ3n) is 3.41. The van der Waals surface area contributed by atoms with Crippen LogP contribution in [0.3, 0.4) is 0 Å². The van der Waals surface area contributed by atoms with Crippen molar-refractivity contribution in [3.63, 3.8) is 0 Å².